The molecule has 0 amide bonds. The Labute approximate surface area is 132 Å². The van der Waals surface area contributed by atoms with E-state index in [1.54, 1.807) is 0 Å². The normalized spacial score (nSPS) is 30.5. The van der Waals surface area contributed by atoms with Crippen molar-refractivity contribution >= 4 is 8.07 Å². The lowest BCUT2D eigenvalue weighted by Gasteiger charge is -2.45. The molecule has 1 heterocycles. The van der Waals surface area contributed by atoms with Crippen molar-refractivity contribution in [1.29, 1.82) is 0 Å². The van der Waals surface area contributed by atoms with Gasteiger partial charge in [-0.25, -0.2) is 0 Å². The minimum atomic E-state index is -1.66. The van der Waals surface area contributed by atoms with E-state index in [0.29, 0.717) is 0 Å². The first kappa shape index (κ1) is 17.6. The van der Waals surface area contributed by atoms with Gasteiger partial charge in [0.1, 0.15) is 12.2 Å². The lowest BCUT2D eigenvalue weighted by molar-refractivity contribution is -0.141. The average molecular weight is 325 g/mol. The Balaban J connectivity index is 2.06. The van der Waals surface area contributed by atoms with E-state index in [0.717, 1.165) is 12.2 Å². The minimum Gasteiger partial charge on any atom is -0.395 e. The van der Waals surface area contributed by atoms with Crippen LogP contribution in [0.15, 0.2) is 30.3 Å². The van der Waals surface area contributed by atoms with Gasteiger partial charge in [0.25, 0.3) is 0 Å². The van der Waals surface area contributed by atoms with Crippen LogP contribution in [0, 0.1) is 0 Å². The summed E-state index contributed by atoms with van der Waals surface area (Å²) in [6, 6.07) is 10.8. The van der Waals surface area contributed by atoms with E-state index >= 15 is 0 Å². The molecule has 0 aromatic heterocycles. The molecule has 0 radical (unpaired) electrons. The molecule has 1 fully saturated rings. The third-order valence-electron chi connectivity index (χ3n) is 4.37. The quantitative estimate of drug-likeness (QED) is 0.562. The van der Waals surface area contributed by atoms with E-state index < -0.39 is 32.4 Å². The molecule has 5 nitrogen and oxygen atoms in total. The molecule has 22 heavy (non-hydrogen) atoms. The van der Waals surface area contributed by atoms with Crippen LogP contribution in [0.5, 0.6) is 0 Å². The molecule has 0 unspecified atom stereocenters. The van der Waals surface area contributed by atoms with E-state index in [4.69, 9.17) is 0 Å². The molecule has 1 aliphatic rings. The molecule has 0 saturated carbocycles. The second-order valence-electron chi connectivity index (χ2n) is 7.05. The molecule has 4 atom stereocenters. The fraction of sp³-hybridized carbons (Fsp3) is 0.625. The number of benzene rings is 1. The summed E-state index contributed by atoms with van der Waals surface area (Å²) in [4.78, 5) is 1.94. The lowest BCUT2D eigenvalue weighted by Crippen LogP contribution is -2.65. The molecule has 2 rings (SSSR count). The maximum Gasteiger partial charge on any atom is 0.109 e. The highest BCUT2D eigenvalue weighted by molar-refractivity contribution is 6.77. The number of rotatable bonds is 5. The van der Waals surface area contributed by atoms with Gasteiger partial charge in [-0.1, -0.05) is 49.0 Å². The van der Waals surface area contributed by atoms with Crippen LogP contribution in [0.25, 0.3) is 0 Å². The summed E-state index contributed by atoms with van der Waals surface area (Å²) in [7, 11) is -1.66. The molecule has 6 heteroatoms. The number of β-amino-alcohol motifs (C(OH)–C–C–N with tert-alkyl or cyclic N) is 1. The van der Waals surface area contributed by atoms with Crippen molar-refractivity contribution in [2.24, 2.45) is 0 Å². The maximum absolute atomic E-state index is 10.1. The van der Waals surface area contributed by atoms with E-state index in [2.05, 4.69) is 25.2 Å². The first-order valence-corrected chi connectivity index (χ1v) is 11.2. The average Bonchev–Trinajstić information content (AvgIpc) is 2.45. The Morgan fingerprint density at radius 2 is 1.73 bits per heavy atom. The predicted molar refractivity (Wildman–Crippen MR) is 88.1 cm³/mol. The monoisotopic (exact) mass is 325 g/mol. The molecule has 1 aliphatic heterocycles. The van der Waals surface area contributed by atoms with Gasteiger partial charge in [0, 0.05) is 6.54 Å². The Morgan fingerprint density at radius 3 is 2.32 bits per heavy atom. The highest BCUT2D eigenvalue weighted by Crippen LogP contribution is 2.22. The van der Waals surface area contributed by atoms with Crippen molar-refractivity contribution in [2.45, 2.75) is 43.5 Å². The lowest BCUT2D eigenvalue weighted by atomic mass is 9.95. The summed E-state index contributed by atoms with van der Waals surface area (Å²) in [6.45, 7) is 4.59. The Bertz CT molecular complexity index is 470. The fourth-order valence-corrected chi connectivity index (χ4v) is 6.23. The van der Waals surface area contributed by atoms with Crippen LogP contribution in [0.2, 0.25) is 13.1 Å². The third-order valence-corrected chi connectivity index (χ3v) is 7.00. The topological polar surface area (TPSA) is 84.2 Å². The van der Waals surface area contributed by atoms with Crippen LogP contribution >= 0.6 is 0 Å². The zero-order chi connectivity index (χ0) is 16.3. The van der Waals surface area contributed by atoms with Gasteiger partial charge in [-0.2, -0.15) is 0 Å². The van der Waals surface area contributed by atoms with Crippen molar-refractivity contribution in [3.63, 3.8) is 0 Å². The van der Waals surface area contributed by atoms with E-state index in [9.17, 15) is 20.4 Å². The van der Waals surface area contributed by atoms with Gasteiger partial charge in [-0.15, -0.1) is 0 Å². The number of piperidine rings is 1. The van der Waals surface area contributed by atoms with Gasteiger partial charge in [0.2, 0.25) is 0 Å². The van der Waals surface area contributed by atoms with Crippen LogP contribution in [0.3, 0.4) is 0 Å². The molecule has 1 saturated heterocycles. The number of nitrogens with zero attached hydrogens (tertiary/aromatic N) is 1. The zero-order valence-electron chi connectivity index (χ0n) is 13.3. The predicted octanol–water partition coefficient (Wildman–Crippen LogP) is -0.225. The summed E-state index contributed by atoms with van der Waals surface area (Å²) in [6.07, 6.45) is -2.52. The zero-order valence-corrected chi connectivity index (χ0v) is 14.3. The van der Waals surface area contributed by atoms with Crippen LogP contribution < -0.4 is 0 Å². The molecule has 1 aromatic rings. The van der Waals surface area contributed by atoms with Gasteiger partial charge in [-0.3, -0.25) is 4.90 Å². The maximum atomic E-state index is 10.1. The Kier molecular flexibility index (Phi) is 5.76. The molecular weight excluding hydrogens is 298 g/mol. The molecule has 1 aromatic carbocycles. The van der Waals surface area contributed by atoms with Crippen LogP contribution in [0.1, 0.15) is 5.56 Å². The number of aliphatic hydroxyl groups is 4. The summed E-state index contributed by atoms with van der Waals surface area (Å²) in [5, 5.41) is 39.3. The number of aliphatic hydroxyl groups excluding tert-OH is 4. The highest BCUT2D eigenvalue weighted by atomic mass is 28.3. The highest BCUT2D eigenvalue weighted by Gasteiger charge is 2.42. The minimum absolute atomic E-state index is 0.221. The molecular formula is C16H27NO4Si. The van der Waals surface area contributed by atoms with E-state index in [-0.39, 0.29) is 13.2 Å². The van der Waals surface area contributed by atoms with Crippen LogP contribution in [-0.2, 0) is 6.04 Å². The second kappa shape index (κ2) is 7.21. The summed E-state index contributed by atoms with van der Waals surface area (Å²) in [5.41, 5.74) is 1.29. The molecule has 4 N–H and O–H groups in total. The smallest absolute Gasteiger partial charge is 0.109 e. The number of hydrogen-bond acceptors (Lipinski definition) is 5. The van der Waals surface area contributed by atoms with Gasteiger partial charge in [-0.05, 0) is 12.2 Å². The number of hydrogen-bond donors (Lipinski definition) is 4. The van der Waals surface area contributed by atoms with Gasteiger partial charge < -0.3 is 20.4 Å². The first-order chi connectivity index (χ1) is 10.3. The summed E-state index contributed by atoms with van der Waals surface area (Å²) in [5.74, 6) is 0. The van der Waals surface area contributed by atoms with Crippen molar-refractivity contribution in [3.8, 4) is 0 Å². The number of likely N-dealkylation sites (tertiary alicyclic amines) is 1. The Morgan fingerprint density at radius 1 is 1.09 bits per heavy atom. The summed E-state index contributed by atoms with van der Waals surface area (Å²) < 4.78 is 0. The van der Waals surface area contributed by atoms with Crippen molar-refractivity contribution in [3.05, 3.63) is 35.9 Å². The van der Waals surface area contributed by atoms with Gasteiger partial charge in [0.05, 0.1) is 26.8 Å². The molecule has 0 aliphatic carbocycles. The molecule has 0 spiro atoms. The molecule has 0 bridgehead atoms. The van der Waals surface area contributed by atoms with E-state index in [1.807, 2.05) is 23.1 Å². The fourth-order valence-electron chi connectivity index (χ4n) is 3.31. The van der Waals surface area contributed by atoms with Crippen LogP contribution in [-0.4, -0.2) is 77.1 Å². The standard InChI is InChI=1S/C16H27NO4Si/c1-22(2,10-12-6-4-3-5-7-12)11-17-8-14(19)16(21)15(20)13(17)9-18/h3-7,13-16,18-21H,8-11H2,1-2H3/t13-,14+,15-,16-/m1/s1. The summed E-state index contributed by atoms with van der Waals surface area (Å²) >= 11 is 0. The first-order valence-electron chi connectivity index (χ1n) is 7.77. The Hall–Kier alpha value is -0.763. The van der Waals surface area contributed by atoms with Crippen molar-refractivity contribution < 1.29 is 20.4 Å². The van der Waals surface area contributed by atoms with Crippen molar-refractivity contribution in [1.82, 2.24) is 4.90 Å². The third kappa shape index (κ3) is 4.16. The largest absolute Gasteiger partial charge is 0.395 e. The van der Waals surface area contributed by atoms with E-state index in [1.165, 1.54) is 5.56 Å². The second-order valence-corrected chi connectivity index (χ2v) is 12.1. The van der Waals surface area contributed by atoms with Gasteiger partial charge in [0.15, 0.2) is 0 Å². The SMILES string of the molecule is C[Si](C)(Cc1ccccc1)CN1C[C@H](O)[C@@H](O)[C@H](O)[C@H]1CO. The van der Waals surface area contributed by atoms with Crippen molar-refractivity contribution in [2.75, 3.05) is 19.3 Å². The molecule has 124 valence electrons. The van der Waals surface area contributed by atoms with Gasteiger partial charge >= 0.3 is 0 Å². The van der Waals surface area contributed by atoms with Crippen LogP contribution in [0.4, 0.5) is 0 Å².